The summed E-state index contributed by atoms with van der Waals surface area (Å²) < 4.78 is 5.77. The Morgan fingerprint density at radius 3 is 2.50 bits per heavy atom. The highest BCUT2D eigenvalue weighted by Gasteiger charge is 2.27. The summed E-state index contributed by atoms with van der Waals surface area (Å²) in [5.74, 6) is 0.821. The smallest absolute Gasteiger partial charge is 0.0678 e. The first kappa shape index (κ1) is 12.3. The van der Waals surface area contributed by atoms with Gasteiger partial charge in [-0.25, -0.2) is 0 Å². The first-order chi connectivity index (χ1) is 7.65. The first-order valence-corrected chi connectivity index (χ1v) is 6.76. The molecule has 3 heteroatoms. The van der Waals surface area contributed by atoms with Gasteiger partial charge in [-0.1, -0.05) is 6.92 Å². The molecule has 0 saturated carbocycles. The van der Waals surface area contributed by atoms with Crippen LogP contribution < -0.4 is 5.32 Å². The molecule has 0 spiro atoms. The standard InChI is InChI=1S/C13H26N2O/c1-10-5-4-6-14-13(10)9-15-7-11(2)16-12(3)8-15/h10-14H,4-9H2,1-3H3/t10?,11-,12+,13?. The minimum absolute atomic E-state index is 0.391. The quantitative estimate of drug-likeness (QED) is 0.772. The third-order valence-electron chi connectivity index (χ3n) is 3.88. The molecule has 2 heterocycles. The zero-order valence-electron chi connectivity index (χ0n) is 10.9. The highest BCUT2D eigenvalue weighted by molar-refractivity contribution is 4.84. The van der Waals surface area contributed by atoms with Crippen molar-refractivity contribution in [2.75, 3.05) is 26.2 Å². The zero-order chi connectivity index (χ0) is 11.5. The summed E-state index contributed by atoms with van der Waals surface area (Å²) in [6.45, 7) is 11.3. The molecule has 2 aliphatic rings. The van der Waals surface area contributed by atoms with Gasteiger partial charge in [-0.15, -0.1) is 0 Å². The van der Waals surface area contributed by atoms with E-state index in [1.807, 2.05) is 0 Å². The van der Waals surface area contributed by atoms with E-state index in [1.54, 1.807) is 0 Å². The Morgan fingerprint density at radius 2 is 1.88 bits per heavy atom. The van der Waals surface area contributed by atoms with E-state index in [9.17, 15) is 0 Å². The van der Waals surface area contributed by atoms with Gasteiger partial charge in [0.2, 0.25) is 0 Å². The van der Waals surface area contributed by atoms with Crippen molar-refractivity contribution in [3.63, 3.8) is 0 Å². The molecule has 0 aromatic heterocycles. The molecule has 0 aliphatic carbocycles. The van der Waals surface area contributed by atoms with Crippen LogP contribution in [0, 0.1) is 5.92 Å². The van der Waals surface area contributed by atoms with Crippen molar-refractivity contribution >= 4 is 0 Å². The molecule has 2 saturated heterocycles. The van der Waals surface area contributed by atoms with Crippen molar-refractivity contribution < 1.29 is 4.74 Å². The first-order valence-electron chi connectivity index (χ1n) is 6.76. The number of nitrogens with one attached hydrogen (secondary N) is 1. The molecule has 0 aromatic rings. The van der Waals surface area contributed by atoms with Crippen LogP contribution in [0.3, 0.4) is 0 Å². The van der Waals surface area contributed by atoms with E-state index >= 15 is 0 Å². The lowest BCUT2D eigenvalue weighted by Crippen LogP contribution is -2.53. The number of rotatable bonds is 2. The highest BCUT2D eigenvalue weighted by Crippen LogP contribution is 2.18. The maximum Gasteiger partial charge on any atom is 0.0678 e. The van der Waals surface area contributed by atoms with Crippen molar-refractivity contribution in [3.05, 3.63) is 0 Å². The number of piperidine rings is 1. The Balaban J connectivity index is 1.83. The fourth-order valence-corrected chi connectivity index (χ4v) is 3.07. The second-order valence-electron chi connectivity index (χ2n) is 5.66. The maximum absolute atomic E-state index is 5.77. The average molecular weight is 226 g/mol. The van der Waals surface area contributed by atoms with Gasteiger partial charge in [-0.05, 0) is 39.2 Å². The van der Waals surface area contributed by atoms with Crippen LogP contribution in [-0.4, -0.2) is 49.3 Å². The molecule has 4 atom stereocenters. The van der Waals surface area contributed by atoms with Crippen LogP contribution in [0.15, 0.2) is 0 Å². The molecule has 2 aliphatic heterocycles. The zero-order valence-corrected chi connectivity index (χ0v) is 10.9. The van der Waals surface area contributed by atoms with Crippen LogP contribution in [-0.2, 0) is 4.74 Å². The van der Waals surface area contributed by atoms with E-state index in [0.29, 0.717) is 18.2 Å². The third-order valence-corrected chi connectivity index (χ3v) is 3.88. The predicted molar refractivity (Wildman–Crippen MR) is 66.6 cm³/mol. The topological polar surface area (TPSA) is 24.5 Å². The van der Waals surface area contributed by atoms with Gasteiger partial charge >= 0.3 is 0 Å². The lowest BCUT2D eigenvalue weighted by molar-refractivity contribution is -0.0716. The summed E-state index contributed by atoms with van der Waals surface area (Å²) >= 11 is 0. The van der Waals surface area contributed by atoms with Crippen LogP contribution in [0.2, 0.25) is 0 Å². The molecule has 16 heavy (non-hydrogen) atoms. The second kappa shape index (κ2) is 5.48. The molecular weight excluding hydrogens is 200 g/mol. The number of morpholine rings is 1. The summed E-state index contributed by atoms with van der Waals surface area (Å²) in [4.78, 5) is 2.57. The number of nitrogens with zero attached hydrogens (tertiary/aromatic N) is 1. The minimum Gasteiger partial charge on any atom is -0.373 e. The van der Waals surface area contributed by atoms with E-state index in [-0.39, 0.29) is 0 Å². The van der Waals surface area contributed by atoms with Crippen molar-refractivity contribution in [1.29, 1.82) is 0 Å². The average Bonchev–Trinajstić information content (AvgIpc) is 2.20. The minimum atomic E-state index is 0.391. The van der Waals surface area contributed by atoms with Crippen molar-refractivity contribution in [1.82, 2.24) is 10.2 Å². The van der Waals surface area contributed by atoms with Gasteiger partial charge in [-0.2, -0.15) is 0 Å². The Bertz CT molecular complexity index is 212. The van der Waals surface area contributed by atoms with Gasteiger partial charge in [0.15, 0.2) is 0 Å². The molecular formula is C13H26N2O. The van der Waals surface area contributed by atoms with Gasteiger partial charge in [-0.3, -0.25) is 4.90 Å². The van der Waals surface area contributed by atoms with Crippen LogP contribution in [0.5, 0.6) is 0 Å². The Labute approximate surface area is 99.5 Å². The van der Waals surface area contributed by atoms with E-state index in [4.69, 9.17) is 4.74 Å². The summed E-state index contributed by atoms with van der Waals surface area (Å²) in [6, 6.07) is 0.686. The van der Waals surface area contributed by atoms with Gasteiger partial charge < -0.3 is 10.1 Å². The van der Waals surface area contributed by atoms with E-state index in [0.717, 1.165) is 19.0 Å². The summed E-state index contributed by atoms with van der Waals surface area (Å²) in [5.41, 5.74) is 0. The molecule has 0 amide bonds. The molecule has 0 aromatic carbocycles. The van der Waals surface area contributed by atoms with Gasteiger partial charge in [0.25, 0.3) is 0 Å². The Morgan fingerprint density at radius 1 is 1.19 bits per heavy atom. The largest absolute Gasteiger partial charge is 0.373 e. The van der Waals surface area contributed by atoms with E-state index in [1.165, 1.54) is 25.9 Å². The fourth-order valence-electron chi connectivity index (χ4n) is 3.07. The third kappa shape index (κ3) is 3.19. The molecule has 0 bridgehead atoms. The number of hydrogen-bond donors (Lipinski definition) is 1. The molecule has 2 fully saturated rings. The van der Waals surface area contributed by atoms with Crippen LogP contribution >= 0.6 is 0 Å². The molecule has 1 N–H and O–H groups in total. The van der Waals surface area contributed by atoms with Gasteiger partial charge in [0.1, 0.15) is 0 Å². The van der Waals surface area contributed by atoms with Crippen molar-refractivity contribution in [3.8, 4) is 0 Å². The van der Waals surface area contributed by atoms with Gasteiger partial charge in [0.05, 0.1) is 12.2 Å². The van der Waals surface area contributed by atoms with Crippen LogP contribution in [0.1, 0.15) is 33.6 Å². The molecule has 2 rings (SSSR count). The number of ether oxygens (including phenoxy) is 1. The van der Waals surface area contributed by atoms with Crippen molar-refractivity contribution in [2.24, 2.45) is 5.92 Å². The highest BCUT2D eigenvalue weighted by atomic mass is 16.5. The monoisotopic (exact) mass is 226 g/mol. The number of hydrogen-bond acceptors (Lipinski definition) is 3. The molecule has 3 nitrogen and oxygen atoms in total. The molecule has 0 radical (unpaired) electrons. The molecule has 94 valence electrons. The summed E-state index contributed by atoms with van der Waals surface area (Å²) in [6.07, 6.45) is 3.51. The van der Waals surface area contributed by atoms with Crippen LogP contribution in [0.25, 0.3) is 0 Å². The van der Waals surface area contributed by atoms with Gasteiger partial charge in [0, 0.05) is 25.7 Å². The maximum atomic E-state index is 5.77. The van der Waals surface area contributed by atoms with Crippen molar-refractivity contribution in [2.45, 2.75) is 51.9 Å². The van der Waals surface area contributed by atoms with E-state index < -0.39 is 0 Å². The molecule has 2 unspecified atom stereocenters. The normalized spacial score (nSPS) is 42.2. The lowest BCUT2D eigenvalue weighted by atomic mass is 9.92. The van der Waals surface area contributed by atoms with Crippen LogP contribution in [0.4, 0.5) is 0 Å². The lowest BCUT2D eigenvalue weighted by Gasteiger charge is -2.40. The summed E-state index contributed by atoms with van der Waals surface area (Å²) in [7, 11) is 0. The SMILES string of the molecule is CC1CCCNC1CN1C[C@@H](C)O[C@@H](C)C1. The fraction of sp³-hybridized carbons (Fsp3) is 1.00. The van der Waals surface area contributed by atoms with E-state index in [2.05, 4.69) is 31.0 Å². The Kier molecular flexibility index (Phi) is 4.22. The predicted octanol–water partition coefficient (Wildman–Crippen LogP) is 1.48. The Hall–Kier alpha value is -0.120. The summed E-state index contributed by atoms with van der Waals surface area (Å²) in [5, 5.41) is 3.66. The second-order valence-corrected chi connectivity index (χ2v) is 5.66.